The number of Topliss-reactive ketones (excluding diaryl/α,β-unsaturated/α-hetero) is 1. The molecule has 1 atom stereocenters. The lowest BCUT2D eigenvalue weighted by Crippen LogP contribution is -2.46. The van der Waals surface area contributed by atoms with Crippen LogP contribution in [0, 0.1) is 17.8 Å². The predicted molar refractivity (Wildman–Crippen MR) is 125 cm³/mol. The first kappa shape index (κ1) is 23.7. The van der Waals surface area contributed by atoms with Gasteiger partial charge >= 0.3 is 0 Å². The minimum Gasteiger partial charge on any atom is -0.388 e. The Morgan fingerprint density at radius 1 is 1.03 bits per heavy atom. The van der Waals surface area contributed by atoms with Crippen molar-refractivity contribution < 1.29 is 14.7 Å². The lowest BCUT2D eigenvalue weighted by molar-refractivity contribution is -0.123. The van der Waals surface area contributed by atoms with Gasteiger partial charge in [-0.05, 0) is 86.7 Å². The van der Waals surface area contributed by atoms with Crippen LogP contribution in [0.25, 0.3) is 0 Å². The Bertz CT molecular complexity index is 953. The highest BCUT2D eigenvalue weighted by Gasteiger charge is 2.18. The second kappa shape index (κ2) is 12.2. The zero-order valence-electron chi connectivity index (χ0n) is 18.3. The van der Waals surface area contributed by atoms with Crippen LogP contribution in [0.1, 0.15) is 46.3 Å². The van der Waals surface area contributed by atoms with Gasteiger partial charge in [0.25, 0.3) is 5.91 Å². The maximum absolute atomic E-state index is 12.3. The van der Waals surface area contributed by atoms with Gasteiger partial charge in [0.05, 0.1) is 0 Å². The van der Waals surface area contributed by atoms with Crippen molar-refractivity contribution in [2.24, 2.45) is 11.7 Å². The number of benzene rings is 2. The topological polar surface area (TPSA) is 104 Å². The number of amides is 1. The molecule has 3 rings (SSSR count). The van der Waals surface area contributed by atoms with Crippen LogP contribution >= 0.6 is 0 Å². The summed E-state index contributed by atoms with van der Waals surface area (Å²) >= 11 is 0. The number of nitrogens with two attached hydrogens (primary N) is 1. The lowest BCUT2D eigenvalue weighted by atomic mass is 9.91. The molecule has 6 nitrogen and oxygen atoms in total. The average Bonchev–Trinajstić information content (AvgIpc) is 2.85. The van der Waals surface area contributed by atoms with Gasteiger partial charge in [-0.25, -0.2) is 0 Å². The molecule has 5 N–H and O–H groups in total. The maximum Gasteiger partial charge on any atom is 0.251 e. The molecule has 1 fully saturated rings. The fourth-order valence-corrected chi connectivity index (χ4v) is 3.77. The molecule has 6 heteroatoms. The molecule has 168 valence electrons. The number of nitrogens with one attached hydrogen (secondary N) is 2. The summed E-state index contributed by atoms with van der Waals surface area (Å²) in [6.45, 7) is 1.56. The number of piperidine rings is 1. The van der Waals surface area contributed by atoms with Crippen molar-refractivity contribution in [3.05, 3.63) is 70.8 Å². The van der Waals surface area contributed by atoms with Crippen molar-refractivity contribution in [2.45, 2.75) is 31.7 Å². The van der Waals surface area contributed by atoms with Gasteiger partial charge in [0.1, 0.15) is 12.6 Å². The fourth-order valence-electron chi connectivity index (χ4n) is 3.77. The Morgan fingerprint density at radius 3 is 2.19 bits per heavy atom. The van der Waals surface area contributed by atoms with Crippen molar-refractivity contribution in [1.82, 2.24) is 10.6 Å². The van der Waals surface area contributed by atoms with Crippen molar-refractivity contribution in [3.63, 3.8) is 0 Å². The Morgan fingerprint density at radius 2 is 1.62 bits per heavy atom. The van der Waals surface area contributed by atoms with Gasteiger partial charge in [-0.2, -0.15) is 0 Å². The number of aliphatic hydroxyl groups excluding tert-OH is 1. The highest BCUT2D eigenvalue weighted by atomic mass is 16.3. The summed E-state index contributed by atoms with van der Waals surface area (Å²) in [4.78, 5) is 23.8. The van der Waals surface area contributed by atoms with Gasteiger partial charge in [0, 0.05) is 23.2 Å². The molecule has 2 aromatic rings. The quantitative estimate of drug-likeness (QED) is 0.474. The average molecular weight is 434 g/mol. The smallest absolute Gasteiger partial charge is 0.251 e. The molecule has 0 unspecified atom stereocenters. The van der Waals surface area contributed by atoms with Crippen LogP contribution in [0.4, 0.5) is 0 Å². The van der Waals surface area contributed by atoms with Gasteiger partial charge in [0.15, 0.2) is 5.78 Å². The number of carbonyl (C=O) groups is 2. The van der Waals surface area contributed by atoms with Crippen LogP contribution in [-0.2, 0) is 11.2 Å². The molecule has 32 heavy (non-hydrogen) atoms. The van der Waals surface area contributed by atoms with Gasteiger partial charge in [-0.1, -0.05) is 24.0 Å². The number of ketones is 1. The van der Waals surface area contributed by atoms with E-state index in [1.807, 2.05) is 0 Å². The standard InChI is InChI=1S/C26H31N3O3/c27-17-24(25(31)18-30)29-26(32)23-11-9-21(10-12-23)6-5-19-1-3-20(4-2-19)7-8-22-13-15-28-16-14-22/h1-4,9-12,22,24,28,30H,7-8,13-18,27H2,(H,29,32)/t24-/m0/s1. The normalized spacial score (nSPS) is 14.8. The highest BCUT2D eigenvalue weighted by Crippen LogP contribution is 2.19. The molecular weight excluding hydrogens is 402 g/mol. The van der Waals surface area contributed by atoms with E-state index in [0.29, 0.717) is 5.56 Å². The first-order valence-corrected chi connectivity index (χ1v) is 11.2. The molecule has 1 aliphatic rings. The molecule has 1 heterocycles. The second-order valence-electron chi connectivity index (χ2n) is 8.14. The monoisotopic (exact) mass is 433 g/mol. The number of carbonyl (C=O) groups excluding carboxylic acids is 2. The fraction of sp³-hybridized carbons (Fsp3) is 0.385. The van der Waals surface area contributed by atoms with Gasteiger partial charge in [-0.3, -0.25) is 9.59 Å². The molecule has 1 saturated heterocycles. The minimum absolute atomic E-state index is 0.0639. The Hall–Kier alpha value is -2.98. The van der Waals surface area contributed by atoms with Crippen LogP contribution in [0.2, 0.25) is 0 Å². The van der Waals surface area contributed by atoms with E-state index in [2.05, 4.69) is 46.7 Å². The molecule has 0 radical (unpaired) electrons. The van der Waals surface area contributed by atoms with E-state index in [0.717, 1.165) is 36.6 Å². The lowest BCUT2D eigenvalue weighted by Gasteiger charge is -2.22. The van der Waals surface area contributed by atoms with Crippen LogP contribution in [0.3, 0.4) is 0 Å². The number of rotatable bonds is 8. The number of aryl methyl sites for hydroxylation is 1. The summed E-state index contributed by atoms with van der Waals surface area (Å²) in [5.41, 5.74) is 8.98. The first-order valence-electron chi connectivity index (χ1n) is 11.2. The van der Waals surface area contributed by atoms with E-state index >= 15 is 0 Å². The van der Waals surface area contributed by atoms with E-state index in [9.17, 15) is 9.59 Å². The predicted octanol–water partition coefficient (Wildman–Crippen LogP) is 1.64. The SMILES string of the molecule is NC[C@H](NC(=O)c1ccc(C#Cc2ccc(CCC3CCNCC3)cc2)cc1)C(=O)CO. The summed E-state index contributed by atoms with van der Waals surface area (Å²) in [5.74, 6) is 6.17. The summed E-state index contributed by atoms with van der Waals surface area (Å²) in [7, 11) is 0. The summed E-state index contributed by atoms with van der Waals surface area (Å²) in [5, 5.41) is 14.9. The van der Waals surface area contributed by atoms with E-state index in [1.165, 1.54) is 24.8 Å². The molecule has 0 spiro atoms. The number of hydrogen-bond acceptors (Lipinski definition) is 5. The summed E-state index contributed by atoms with van der Waals surface area (Å²) in [6.07, 6.45) is 4.90. The van der Waals surface area contributed by atoms with Crippen LogP contribution in [0.15, 0.2) is 48.5 Å². The largest absolute Gasteiger partial charge is 0.388 e. The third-order valence-electron chi connectivity index (χ3n) is 5.84. The molecule has 0 aliphatic carbocycles. The summed E-state index contributed by atoms with van der Waals surface area (Å²) < 4.78 is 0. The molecule has 0 aromatic heterocycles. The molecule has 0 saturated carbocycles. The Balaban J connectivity index is 1.53. The highest BCUT2D eigenvalue weighted by molar-refractivity contribution is 5.98. The maximum atomic E-state index is 12.3. The molecular formula is C26H31N3O3. The Labute approximate surface area is 189 Å². The molecule has 0 bridgehead atoms. The van der Waals surface area contributed by atoms with Crippen molar-refractivity contribution in [3.8, 4) is 11.8 Å². The van der Waals surface area contributed by atoms with Crippen LogP contribution in [-0.4, -0.2) is 49.1 Å². The number of aliphatic hydroxyl groups is 1. The van der Waals surface area contributed by atoms with Gasteiger partial charge in [-0.15, -0.1) is 0 Å². The molecule has 2 aromatic carbocycles. The van der Waals surface area contributed by atoms with Gasteiger partial charge in [0.2, 0.25) is 0 Å². The van der Waals surface area contributed by atoms with Crippen LogP contribution < -0.4 is 16.4 Å². The third-order valence-corrected chi connectivity index (χ3v) is 5.84. The van der Waals surface area contributed by atoms with E-state index in [4.69, 9.17) is 10.8 Å². The van der Waals surface area contributed by atoms with Crippen molar-refractivity contribution >= 4 is 11.7 Å². The molecule has 1 amide bonds. The Kier molecular flexibility index (Phi) is 9.00. The third kappa shape index (κ3) is 7.03. The second-order valence-corrected chi connectivity index (χ2v) is 8.14. The zero-order chi connectivity index (χ0) is 22.8. The van der Waals surface area contributed by atoms with Crippen molar-refractivity contribution in [2.75, 3.05) is 26.2 Å². The van der Waals surface area contributed by atoms with E-state index in [-0.39, 0.29) is 6.54 Å². The summed E-state index contributed by atoms with van der Waals surface area (Å²) in [6, 6.07) is 14.4. The zero-order valence-corrected chi connectivity index (χ0v) is 18.3. The van der Waals surface area contributed by atoms with Crippen LogP contribution in [0.5, 0.6) is 0 Å². The minimum atomic E-state index is -0.894. The number of hydrogen-bond donors (Lipinski definition) is 4. The first-order chi connectivity index (χ1) is 15.6. The van der Waals surface area contributed by atoms with Crippen molar-refractivity contribution in [1.29, 1.82) is 0 Å². The molecule has 1 aliphatic heterocycles. The van der Waals surface area contributed by atoms with E-state index < -0.39 is 24.3 Å². The van der Waals surface area contributed by atoms with Gasteiger partial charge < -0.3 is 21.5 Å². The van der Waals surface area contributed by atoms with E-state index in [1.54, 1.807) is 24.3 Å².